The molecule has 4 aromatic rings. The number of hydrogen-bond donors (Lipinski definition) is 1. The van der Waals surface area contributed by atoms with Gasteiger partial charge in [0.25, 0.3) is 5.91 Å². The normalized spacial score (nSPS) is 18.8. The highest BCUT2D eigenvalue weighted by molar-refractivity contribution is 6.31. The molecule has 1 amide bonds. The van der Waals surface area contributed by atoms with Gasteiger partial charge in [0.1, 0.15) is 11.3 Å². The summed E-state index contributed by atoms with van der Waals surface area (Å²) in [6.45, 7) is 2.34. The predicted molar refractivity (Wildman–Crippen MR) is 110 cm³/mol. The molecule has 0 spiro atoms. The zero-order chi connectivity index (χ0) is 21.8. The van der Waals surface area contributed by atoms with Crippen LogP contribution in [0, 0.1) is 11.6 Å². The number of aromatic amines is 1. The van der Waals surface area contributed by atoms with Gasteiger partial charge in [-0.25, -0.2) is 13.8 Å². The van der Waals surface area contributed by atoms with Crippen LogP contribution in [0.5, 0.6) is 0 Å². The average molecular weight is 443 g/mol. The van der Waals surface area contributed by atoms with Gasteiger partial charge < -0.3 is 9.88 Å². The molecule has 0 bridgehead atoms. The molecule has 0 aliphatic carbocycles. The van der Waals surface area contributed by atoms with E-state index < -0.39 is 17.2 Å². The van der Waals surface area contributed by atoms with E-state index in [0.29, 0.717) is 40.6 Å². The molecule has 7 nitrogen and oxygen atoms in total. The molecule has 10 heteroatoms. The number of fused-ring (bicyclic) bond motifs is 1. The highest BCUT2D eigenvalue weighted by Crippen LogP contribution is 2.39. The van der Waals surface area contributed by atoms with E-state index in [0.717, 1.165) is 12.5 Å². The minimum Gasteiger partial charge on any atom is -0.340 e. The van der Waals surface area contributed by atoms with Crippen LogP contribution in [0.4, 0.5) is 8.78 Å². The molecule has 1 fully saturated rings. The highest BCUT2D eigenvalue weighted by atomic mass is 35.5. The summed E-state index contributed by atoms with van der Waals surface area (Å²) in [4.78, 5) is 24.1. The van der Waals surface area contributed by atoms with Crippen LogP contribution >= 0.6 is 11.6 Å². The Kier molecular flexibility index (Phi) is 4.51. The zero-order valence-corrected chi connectivity index (χ0v) is 17.2. The number of likely N-dealkylation sites (tertiary alicyclic amines) is 1. The first-order chi connectivity index (χ1) is 14.9. The third-order valence-corrected chi connectivity index (χ3v) is 6.00. The van der Waals surface area contributed by atoms with Gasteiger partial charge >= 0.3 is 0 Å². The van der Waals surface area contributed by atoms with E-state index in [4.69, 9.17) is 11.6 Å². The van der Waals surface area contributed by atoms with Crippen molar-refractivity contribution in [2.75, 3.05) is 6.54 Å². The van der Waals surface area contributed by atoms with Crippen molar-refractivity contribution in [2.45, 2.75) is 25.3 Å². The molecule has 2 aromatic heterocycles. The Morgan fingerprint density at radius 2 is 1.97 bits per heavy atom. The maximum absolute atomic E-state index is 14.2. The number of nitrogens with zero attached hydrogens (tertiary/aromatic N) is 5. The summed E-state index contributed by atoms with van der Waals surface area (Å²) >= 11 is 6.19. The van der Waals surface area contributed by atoms with Crippen LogP contribution in [-0.2, 0) is 5.54 Å². The number of carbonyl (C=O) groups is 1. The molecule has 0 radical (unpaired) electrons. The first-order valence-corrected chi connectivity index (χ1v) is 10.1. The largest absolute Gasteiger partial charge is 0.340 e. The Balaban J connectivity index is 1.59. The van der Waals surface area contributed by atoms with Crippen LogP contribution in [-0.4, -0.2) is 42.3 Å². The molecule has 3 heterocycles. The SMILES string of the molecule is CC1(c2nc3c(F)c(F)ccc3[nH]2)CCCN1C(=O)c1cc(Cl)ccc1-n1nccn1. The number of H-pyrrole nitrogens is 1. The monoisotopic (exact) mass is 442 g/mol. The maximum atomic E-state index is 14.2. The number of aromatic nitrogens is 5. The molecule has 1 unspecified atom stereocenters. The number of rotatable bonds is 3. The Morgan fingerprint density at radius 3 is 2.74 bits per heavy atom. The molecular formula is C21H17ClF2N6O. The number of benzene rings is 2. The summed E-state index contributed by atoms with van der Waals surface area (Å²) in [5.74, 6) is -1.85. The lowest BCUT2D eigenvalue weighted by molar-refractivity contribution is 0.0605. The zero-order valence-electron chi connectivity index (χ0n) is 16.4. The smallest absolute Gasteiger partial charge is 0.256 e. The molecule has 31 heavy (non-hydrogen) atoms. The van der Waals surface area contributed by atoms with E-state index in [1.54, 1.807) is 23.1 Å². The van der Waals surface area contributed by atoms with E-state index in [-0.39, 0.29) is 11.4 Å². The second-order valence-electron chi connectivity index (χ2n) is 7.66. The van der Waals surface area contributed by atoms with E-state index in [1.165, 1.54) is 23.3 Å². The molecule has 1 atom stereocenters. The summed E-state index contributed by atoms with van der Waals surface area (Å²) in [5.41, 5.74) is 0.283. The van der Waals surface area contributed by atoms with Gasteiger partial charge in [0.15, 0.2) is 11.6 Å². The van der Waals surface area contributed by atoms with E-state index in [9.17, 15) is 13.6 Å². The number of carbonyl (C=O) groups excluding carboxylic acids is 1. The van der Waals surface area contributed by atoms with Crippen molar-refractivity contribution in [3.05, 3.63) is 70.8 Å². The van der Waals surface area contributed by atoms with Gasteiger partial charge in [0.2, 0.25) is 0 Å². The molecule has 1 aliphatic heterocycles. The van der Waals surface area contributed by atoms with Crippen molar-refractivity contribution in [2.24, 2.45) is 0 Å². The van der Waals surface area contributed by atoms with Gasteiger partial charge in [-0.15, -0.1) is 0 Å². The van der Waals surface area contributed by atoms with Crippen LogP contribution in [0.3, 0.4) is 0 Å². The van der Waals surface area contributed by atoms with Crippen molar-refractivity contribution in [1.82, 2.24) is 29.9 Å². The van der Waals surface area contributed by atoms with Crippen molar-refractivity contribution in [1.29, 1.82) is 0 Å². The molecular weight excluding hydrogens is 426 g/mol. The Hall–Kier alpha value is -3.33. The summed E-state index contributed by atoms with van der Waals surface area (Å²) in [6.07, 6.45) is 4.38. The molecule has 5 rings (SSSR count). The van der Waals surface area contributed by atoms with Crippen molar-refractivity contribution in [3.8, 4) is 5.69 Å². The second kappa shape index (κ2) is 7.12. The average Bonchev–Trinajstić information content (AvgIpc) is 3.50. The fraction of sp³-hybridized carbons (Fsp3) is 0.238. The number of imidazole rings is 1. The van der Waals surface area contributed by atoms with Gasteiger partial charge in [0, 0.05) is 11.6 Å². The third kappa shape index (κ3) is 3.07. The summed E-state index contributed by atoms with van der Waals surface area (Å²) < 4.78 is 27.9. The second-order valence-corrected chi connectivity index (χ2v) is 8.09. The highest BCUT2D eigenvalue weighted by Gasteiger charge is 2.44. The predicted octanol–water partition coefficient (Wildman–Crippen LogP) is 4.23. The Bertz CT molecular complexity index is 1300. The molecule has 1 aliphatic rings. The molecule has 1 saturated heterocycles. The van der Waals surface area contributed by atoms with Crippen molar-refractivity contribution in [3.63, 3.8) is 0 Å². The quantitative estimate of drug-likeness (QED) is 0.515. The lowest BCUT2D eigenvalue weighted by Crippen LogP contribution is -2.44. The maximum Gasteiger partial charge on any atom is 0.256 e. The fourth-order valence-corrected chi connectivity index (χ4v) is 4.32. The molecule has 158 valence electrons. The third-order valence-electron chi connectivity index (χ3n) is 5.77. The van der Waals surface area contributed by atoms with E-state index >= 15 is 0 Å². The number of nitrogens with one attached hydrogen (secondary N) is 1. The van der Waals surface area contributed by atoms with Gasteiger partial charge in [-0.2, -0.15) is 15.0 Å². The fourth-order valence-electron chi connectivity index (χ4n) is 4.15. The van der Waals surface area contributed by atoms with Gasteiger partial charge in [-0.3, -0.25) is 4.79 Å². The van der Waals surface area contributed by atoms with Crippen molar-refractivity contribution < 1.29 is 13.6 Å². The van der Waals surface area contributed by atoms with Crippen LogP contribution in [0.2, 0.25) is 5.02 Å². The Labute approximate surface area is 180 Å². The lowest BCUT2D eigenvalue weighted by Gasteiger charge is -2.34. The van der Waals surface area contributed by atoms with Crippen LogP contribution < -0.4 is 0 Å². The number of hydrogen-bond acceptors (Lipinski definition) is 4. The van der Waals surface area contributed by atoms with Gasteiger partial charge in [-0.05, 0) is 50.1 Å². The number of amides is 1. The summed E-state index contributed by atoms with van der Waals surface area (Å²) in [5, 5.41) is 8.65. The van der Waals surface area contributed by atoms with Crippen molar-refractivity contribution >= 4 is 28.5 Å². The van der Waals surface area contributed by atoms with E-state index in [1.807, 2.05) is 6.92 Å². The first-order valence-electron chi connectivity index (χ1n) is 9.71. The van der Waals surface area contributed by atoms with Gasteiger partial charge in [0.05, 0.1) is 34.7 Å². The van der Waals surface area contributed by atoms with Crippen LogP contribution in [0.1, 0.15) is 35.9 Å². The minimum absolute atomic E-state index is 0.0836. The summed E-state index contributed by atoms with van der Waals surface area (Å²) in [7, 11) is 0. The summed E-state index contributed by atoms with van der Waals surface area (Å²) in [6, 6.07) is 7.41. The van der Waals surface area contributed by atoms with Crippen LogP contribution in [0.15, 0.2) is 42.7 Å². The van der Waals surface area contributed by atoms with Crippen LogP contribution in [0.25, 0.3) is 16.7 Å². The lowest BCUT2D eigenvalue weighted by atomic mass is 9.97. The van der Waals surface area contributed by atoms with Gasteiger partial charge in [-0.1, -0.05) is 11.6 Å². The topological polar surface area (TPSA) is 79.7 Å². The molecule has 2 aromatic carbocycles. The van der Waals surface area contributed by atoms with E-state index in [2.05, 4.69) is 20.2 Å². The first kappa shape index (κ1) is 19.6. The standard InChI is InChI=1S/C21H17ClF2N6O/c1-21(20-27-15-5-4-14(23)17(24)18(15)28-20)7-2-10-29(21)19(31)13-11-12(22)3-6-16(13)30-25-8-9-26-30/h3-6,8-9,11H,2,7,10H2,1H3,(H,27,28). The molecule has 1 N–H and O–H groups in total. The molecule has 0 saturated carbocycles. The number of halogens is 3. The Morgan fingerprint density at radius 1 is 1.19 bits per heavy atom. The minimum atomic E-state index is -1.01.